The van der Waals surface area contributed by atoms with E-state index >= 15 is 0 Å². The highest BCUT2D eigenvalue weighted by atomic mass is 19.1. The van der Waals surface area contributed by atoms with Crippen molar-refractivity contribution in [2.75, 3.05) is 11.1 Å². The number of nitrogens with one attached hydrogen (secondary N) is 1. The van der Waals surface area contributed by atoms with Crippen LogP contribution in [0, 0.1) is 12.7 Å². The molecule has 0 saturated heterocycles. The molecular formula is C11H10FN3O2. The second-order valence-corrected chi connectivity index (χ2v) is 3.51. The smallest absolute Gasteiger partial charge is 0.258 e. The zero-order valence-corrected chi connectivity index (χ0v) is 9.03. The Kier molecular flexibility index (Phi) is 2.78. The fourth-order valence-corrected chi connectivity index (χ4v) is 1.35. The molecule has 6 heteroatoms. The maximum Gasteiger partial charge on any atom is 0.258 e. The van der Waals surface area contributed by atoms with Gasteiger partial charge < -0.3 is 15.6 Å². The Morgan fingerprint density at radius 1 is 1.47 bits per heavy atom. The Hall–Kier alpha value is -2.37. The quantitative estimate of drug-likeness (QED) is 0.779. The van der Waals surface area contributed by atoms with Crippen molar-refractivity contribution >= 4 is 17.4 Å². The second kappa shape index (κ2) is 4.25. The summed E-state index contributed by atoms with van der Waals surface area (Å²) >= 11 is 0. The van der Waals surface area contributed by atoms with E-state index in [1.807, 2.05) is 0 Å². The second-order valence-electron chi connectivity index (χ2n) is 3.51. The van der Waals surface area contributed by atoms with Crippen LogP contribution in [0.2, 0.25) is 0 Å². The average Bonchev–Trinajstić information content (AvgIpc) is 2.63. The van der Waals surface area contributed by atoms with Gasteiger partial charge in [0.2, 0.25) is 0 Å². The third-order valence-electron chi connectivity index (χ3n) is 2.13. The third-order valence-corrected chi connectivity index (χ3v) is 2.13. The van der Waals surface area contributed by atoms with Gasteiger partial charge >= 0.3 is 0 Å². The molecule has 0 bridgehead atoms. The van der Waals surface area contributed by atoms with Crippen molar-refractivity contribution < 1.29 is 13.7 Å². The molecule has 0 aliphatic rings. The predicted octanol–water partition coefficient (Wildman–Crippen LogP) is 1.96. The zero-order chi connectivity index (χ0) is 12.4. The molecule has 1 aromatic carbocycles. The third kappa shape index (κ3) is 2.41. The first-order chi connectivity index (χ1) is 8.06. The van der Waals surface area contributed by atoms with E-state index in [9.17, 15) is 9.18 Å². The molecule has 0 aliphatic carbocycles. The summed E-state index contributed by atoms with van der Waals surface area (Å²) in [4.78, 5) is 11.8. The minimum atomic E-state index is -0.490. The number of hydrogen-bond acceptors (Lipinski definition) is 4. The lowest BCUT2D eigenvalue weighted by molar-refractivity contribution is 0.102. The van der Waals surface area contributed by atoms with Crippen LogP contribution in [0.4, 0.5) is 15.9 Å². The number of rotatable bonds is 2. The first-order valence-electron chi connectivity index (χ1n) is 4.86. The van der Waals surface area contributed by atoms with Crippen LogP contribution in [0.25, 0.3) is 0 Å². The van der Waals surface area contributed by atoms with E-state index in [2.05, 4.69) is 10.5 Å². The molecule has 0 aliphatic heterocycles. The van der Waals surface area contributed by atoms with Gasteiger partial charge in [-0.05, 0) is 25.1 Å². The number of aryl methyl sites for hydroxylation is 1. The van der Waals surface area contributed by atoms with Gasteiger partial charge in [-0.3, -0.25) is 4.79 Å². The number of amides is 1. The number of aromatic nitrogens is 1. The highest BCUT2D eigenvalue weighted by Crippen LogP contribution is 2.15. The van der Waals surface area contributed by atoms with Crippen molar-refractivity contribution in [3.05, 3.63) is 41.4 Å². The van der Waals surface area contributed by atoms with Crippen molar-refractivity contribution in [1.29, 1.82) is 0 Å². The van der Waals surface area contributed by atoms with Crippen LogP contribution in [-0.4, -0.2) is 11.1 Å². The van der Waals surface area contributed by atoms with Crippen LogP contribution in [0.15, 0.2) is 28.8 Å². The van der Waals surface area contributed by atoms with Crippen molar-refractivity contribution in [1.82, 2.24) is 5.16 Å². The lowest BCUT2D eigenvalue weighted by Gasteiger charge is -2.04. The number of carbonyl (C=O) groups excluding carboxylic acids is 1. The largest absolute Gasteiger partial charge is 0.398 e. The number of nitrogens with zero attached hydrogens (tertiary/aromatic N) is 1. The molecule has 2 aromatic rings. The molecule has 3 N–H and O–H groups in total. The summed E-state index contributed by atoms with van der Waals surface area (Å²) in [5.74, 6) is -0.0873. The number of carbonyl (C=O) groups is 1. The van der Waals surface area contributed by atoms with E-state index in [1.165, 1.54) is 12.1 Å². The summed E-state index contributed by atoms with van der Waals surface area (Å²) in [5, 5.41) is 6.10. The number of hydrogen-bond donors (Lipinski definition) is 2. The minimum absolute atomic E-state index is 0.0720. The molecule has 5 nitrogen and oxygen atoms in total. The van der Waals surface area contributed by atoms with E-state index in [1.54, 1.807) is 13.0 Å². The molecular weight excluding hydrogens is 225 g/mol. The summed E-state index contributed by atoms with van der Waals surface area (Å²) in [6.07, 6.45) is 0. The summed E-state index contributed by atoms with van der Waals surface area (Å²) < 4.78 is 17.6. The van der Waals surface area contributed by atoms with Gasteiger partial charge in [0.1, 0.15) is 11.6 Å². The maximum absolute atomic E-state index is 12.8. The first kappa shape index (κ1) is 11.1. The summed E-state index contributed by atoms with van der Waals surface area (Å²) in [5.41, 5.74) is 5.80. The van der Waals surface area contributed by atoms with Crippen LogP contribution < -0.4 is 11.1 Å². The Labute approximate surface area is 96.4 Å². The summed E-state index contributed by atoms with van der Waals surface area (Å²) in [6.45, 7) is 1.70. The van der Waals surface area contributed by atoms with Gasteiger partial charge in [-0.15, -0.1) is 0 Å². The standard InChI is InChI=1S/C11H10FN3O2/c1-6-4-10(15-17-6)14-11(16)8-3-2-7(12)5-9(8)13/h2-5H,13H2,1H3,(H,14,15,16). The van der Waals surface area contributed by atoms with Crippen molar-refractivity contribution in [3.63, 3.8) is 0 Å². The van der Waals surface area contributed by atoms with Crippen LogP contribution in [0.5, 0.6) is 0 Å². The Morgan fingerprint density at radius 2 is 2.24 bits per heavy atom. The molecule has 88 valence electrons. The normalized spacial score (nSPS) is 10.2. The van der Waals surface area contributed by atoms with Gasteiger partial charge in [-0.2, -0.15) is 0 Å². The van der Waals surface area contributed by atoms with Gasteiger partial charge in [0.05, 0.1) is 5.56 Å². The van der Waals surface area contributed by atoms with E-state index in [0.717, 1.165) is 6.07 Å². The molecule has 0 atom stereocenters. The van der Waals surface area contributed by atoms with Crippen LogP contribution >= 0.6 is 0 Å². The molecule has 0 unspecified atom stereocenters. The minimum Gasteiger partial charge on any atom is -0.398 e. The Morgan fingerprint density at radius 3 is 2.82 bits per heavy atom. The number of nitrogens with two attached hydrogens (primary N) is 1. The van der Waals surface area contributed by atoms with Gasteiger partial charge in [0, 0.05) is 11.8 Å². The topological polar surface area (TPSA) is 81.2 Å². The SMILES string of the molecule is Cc1cc(NC(=O)c2ccc(F)cc2N)no1. The van der Waals surface area contributed by atoms with Gasteiger partial charge in [0.15, 0.2) is 5.82 Å². The van der Waals surface area contributed by atoms with E-state index in [-0.39, 0.29) is 17.1 Å². The Bertz CT molecular complexity index is 566. The van der Waals surface area contributed by atoms with Crippen LogP contribution in [-0.2, 0) is 0 Å². The van der Waals surface area contributed by atoms with Crippen LogP contribution in [0.1, 0.15) is 16.1 Å². The van der Waals surface area contributed by atoms with E-state index < -0.39 is 11.7 Å². The van der Waals surface area contributed by atoms with Crippen molar-refractivity contribution in [2.45, 2.75) is 6.92 Å². The van der Waals surface area contributed by atoms with E-state index in [4.69, 9.17) is 10.3 Å². The van der Waals surface area contributed by atoms with E-state index in [0.29, 0.717) is 5.76 Å². The molecule has 0 saturated carbocycles. The number of halogens is 1. The number of nitrogen functional groups attached to an aromatic ring is 1. The molecule has 0 radical (unpaired) electrons. The molecule has 17 heavy (non-hydrogen) atoms. The van der Waals surface area contributed by atoms with Gasteiger partial charge in [-0.1, -0.05) is 5.16 Å². The monoisotopic (exact) mass is 235 g/mol. The highest BCUT2D eigenvalue weighted by Gasteiger charge is 2.12. The molecule has 2 rings (SSSR count). The summed E-state index contributed by atoms with van der Waals surface area (Å²) in [7, 11) is 0. The fourth-order valence-electron chi connectivity index (χ4n) is 1.35. The van der Waals surface area contributed by atoms with Crippen LogP contribution in [0.3, 0.4) is 0 Å². The highest BCUT2D eigenvalue weighted by molar-refractivity contribution is 6.07. The van der Waals surface area contributed by atoms with Gasteiger partial charge in [0.25, 0.3) is 5.91 Å². The van der Waals surface area contributed by atoms with Crippen molar-refractivity contribution in [3.8, 4) is 0 Å². The molecule has 1 aromatic heterocycles. The number of anilines is 2. The predicted molar refractivity (Wildman–Crippen MR) is 60.0 cm³/mol. The Balaban J connectivity index is 2.20. The lowest BCUT2D eigenvalue weighted by atomic mass is 10.1. The molecule has 0 fully saturated rings. The number of benzene rings is 1. The lowest BCUT2D eigenvalue weighted by Crippen LogP contribution is -2.14. The molecule has 0 spiro atoms. The summed E-state index contributed by atoms with van der Waals surface area (Å²) in [6, 6.07) is 5.13. The average molecular weight is 235 g/mol. The fraction of sp³-hybridized carbons (Fsp3) is 0.0909. The van der Waals surface area contributed by atoms with Crippen molar-refractivity contribution in [2.24, 2.45) is 0 Å². The zero-order valence-electron chi connectivity index (χ0n) is 9.03. The maximum atomic E-state index is 12.8. The molecule has 1 amide bonds. The van der Waals surface area contributed by atoms with Gasteiger partial charge in [-0.25, -0.2) is 4.39 Å². The first-order valence-corrected chi connectivity index (χ1v) is 4.86. The molecule has 1 heterocycles.